The second kappa shape index (κ2) is 5.49. The maximum absolute atomic E-state index is 12.6. The molecule has 3 aromatic heterocycles. The highest BCUT2D eigenvalue weighted by Crippen LogP contribution is 2.14. The van der Waals surface area contributed by atoms with Gasteiger partial charge in [0.25, 0.3) is 0 Å². The molecule has 0 radical (unpaired) electrons. The predicted molar refractivity (Wildman–Crippen MR) is 84.6 cm³/mol. The minimum Gasteiger partial charge on any atom is -0.294 e. The van der Waals surface area contributed by atoms with Crippen LogP contribution in [0.1, 0.15) is 16.1 Å². The Bertz CT molecular complexity index is 971. The third-order valence-corrected chi connectivity index (χ3v) is 3.64. The minimum atomic E-state index is -0.0311. The molecular formula is C17H13N5O. The quantitative estimate of drug-likeness (QED) is 0.543. The van der Waals surface area contributed by atoms with Crippen molar-refractivity contribution in [1.82, 2.24) is 24.4 Å². The SMILES string of the molecule is O=C(Cc1ccnn1-c1ccccc1)c1cnn2cccnc12. The van der Waals surface area contributed by atoms with Crippen LogP contribution in [0.5, 0.6) is 0 Å². The van der Waals surface area contributed by atoms with Crippen LogP contribution in [0.2, 0.25) is 0 Å². The van der Waals surface area contributed by atoms with Crippen molar-refractivity contribution in [1.29, 1.82) is 0 Å². The number of carbonyl (C=O) groups is 1. The van der Waals surface area contributed by atoms with Gasteiger partial charge in [0.05, 0.1) is 29.6 Å². The summed E-state index contributed by atoms with van der Waals surface area (Å²) in [6, 6.07) is 13.4. The predicted octanol–water partition coefficient (Wildman–Crippen LogP) is 2.34. The van der Waals surface area contributed by atoms with Crippen LogP contribution in [0, 0.1) is 0 Å². The van der Waals surface area contributed by atoms with Crippen molar-refractivity contribution in [3.05, 3.63) is 78.5 Å². The molecule has 0 fully saturated rings. The average molecular weight is 303 g/mol. The molecule has 0 aliphatic rings. The molecule has 23 heavy (non-hydrogen) atoms. The summed E-state index contributed by atoms with van der Waals surface area (Å²) in [6.07, 6.45) is 6.93. The Morgan fingerprint density at radius 1 is 1.00 bits per heavy atom. The number of Topliss-reactive ketones (excluding diaryl/α,β-unsaturated/α-hetero) is 1. The molecule has 112 valence electrons. The number of para-hydroxylation sites is 1. The molecule has 6 heteroatoms. The Balaban J connectivity index is 1.67. The number of rotatable bonds is 4. The van der Waals surface area contributed by atoms with Gasteiger partial charge in [0, 0.05) is 18.6 Å². The summed E-state index contributed by atoms with van der Waals surface area (Å²) in [5.74, 6) is -0.0311. The van der Waals surface area contributed by atoms with Crippen LogP contribution in [0.3, 0.4) is 0 Å². The van der Waals surface area contributed by atoms with Crippen LogP contribution < -0.4 is 0 Å². The van der Waals surface area contributed by atoms with Gasteiger partial charge in [0.2, 0.25) is 0 Å². The number of hydrogen-bond acceptors (Lipinski definition) is 4. The molecular weight excluding hydrogens is 290 g/mol. The first-order valence-electron chi connectivity index (χ1n) is 7.23. The van der Waals surface area contributed by atoms with E-state index in [1.165, 1.54) is 0 Å². The van der Waals surface area contributed by atoms with Gasteiger partial charge in [-0.05, 0) is 24.3 Å². The summed E-state index contributed by atoms with van der Waals surface area (Å²) < 4.78 is 3.37. The van der Waals surface area contributed by atoms with Crippen LogP contribution in [-0.2, 0) is 6.42 Å². The standard InChI is InChI=1S/C17H13N5O/c23-16(15-12-20-21-10-4-8-18-17(15)21)11-14-7-9-19-22(14)13-5-2-1-3-6-13/h1-10,12H,11H2. The van der Waals surface area contributed by atoms with Crippen molar-refractivity contribution in [3.8, 4) is 5.69 Å². The van der Waals surface area contributed by atoms with E-state index in [4.69, 9.17) is 0 Å². The number of benzene rings is 1. The zero-order valence-corrected chi connectivity index (χ0v) is 12.2. The number of hydrogen-bond donors (Lipinski definition) is 0. The molecule has 3 heterocycles. The summed E-state index contributed by atoms with van der Waals surface area (Å²) in [5, 5.41) is 8.47. The van der Waals surface area contributed by atoms with E-state index in [-0.39, 0.29) is 12.2 Å². The molecule has 6 nitrogen and oxygen atoms in total. The lowest BCUT2D eigenvalue weighted by Gasteiger charge is -2.06. The molecule has 0 bridgehead atoms. The zero-order chi connectivity index (χ0) is 15.6. The molecule has 0 N–H and O–H groups in total. The van der Waals surface area contributed by atoms with Crippen molar-refractivity contribution < 1.29 is 4.79 Å². The fourth-order valence-corrected chi connectivity index (χ4v) is 2.55. The lowest BCUT2D eigenvalue weighted by atomic mass is 10.1. The van der Waals surface area contributed by atoms with Gasteiger partial charge < -0.3 is 0 Å². The van der Waals surface area contributed by atoms with E-state index in [0.29, 0.717) is 11.2 Å². The molecule has 0 amide bonds. The number of ketones is 1. The molecule has 0 saturated heterocycles. The smallest absolute Gasteiger partial charge is 0.174 e. The molecule has 0 saturated carbocycles. The molecule has 4 aromatic rings. The highest BCUT2D eigenvalue weighted by atomic mass is 16.1. The Morgan fingerprint density at radius 2 is 1.87 bits per heavy atom. The molecule has 4 rings (SSSR count). The van der Waals surface area contributed by atoms with E-state index in [2.05, 4.69) is 15.2 Å². The molecule has 0 atom stereocenters. The second-order valence-corrected chi connectivity index (χ2v) is 5.12. The fraction of sp³-hybridized carbons (Fsp3) is 0.0588. The maximum Gasteiger partial charge on any atom is 0.174 e. The second-order valence-electron chi connectivity index (χ2n) is 5.12. The van der Waals surface area contributed by atoms with Gasteiger partial charge in [-0.25, -0.2) is 14.2 Å². The van der Waals surface area contributed by atoms with E-state index >= 15 is 0 Å². The molecule has 0 aliphatic heterocycles. The first-order valence-corrected chi connectivity index (χ1v) is 7.23. The average Bonchev–Trinajstić information content (AvgIpc) is 3.22. The minimum absolute atomic E-state index is 0.0311. The van der Waals surface area contributed by atoms with Crippen LogP contribution >= 0.6 is 0 Å². The lowest BCUT2D eigenvalue weighted by molar-refractivity contribution is 0.0992. The van der Waals surface area contributed by atoms with Crippen molar-refractivity contribution in [2.24, 2.45) is 0 Å². The van der Waals surface area contributed by atoms with Gasteiger partial charge in [-0.15, -0.1) is 0 Å². The van der Waals surface area contributed by atoms with Gasteiger partial charge in [-0.1, -0.05) is 18.2 Å². The normalized spacial score (nSPS) is 11.0. The van der Waals surface area contributed by atoms with E-state index < -0.39 is 0 Å². The number of carbonyl (C=O) groups excluding carboxylic acids is 1. The molecule has 0 unspecified atom stereocenters. The monoisotopic (exact) mass is 303 g/mol. The van der Waals surface area contributed by atoms with Crippen molar-refractivity contribution in [3.63, 3.8) is 0 Å². The van der Waals surface area contributed by atoms with Crippen LogP contribution in [0.4, 0.5) is 0 Å². The van der Waals surface area contributed by atoms with Gasteiger partial charge in [-0.3, -0.25) is 4.79 Å². The summed E-state index contributed by atoms with van der Waals surface area (Å²) in [4.78, 5) is 16.9. The molecule has 1 aromatic carbocycles. The highest BCUT2D eigenvalue weighted by molar-refractivity contribution is 6.02. The third-order valence-electron chi connectivity index (χ3n) is 3.64. The van der Waals surface area contributed by atoms with Crippen LogP contribution in [0.25, 0.3) is 11.3 Å². The maximum atomic E-state index is 12.6. The first-order chi connectivity index (χ1) is 11.3. The van der Waals surface area contributed by atoms with E-state index in [9.17, 15) is 4.79 Å². The van der Waals surface area contributed by atoms with Crippen LogP contribution in [-0.4, -0.2) is 30.2 Å². The van der Waals surface area contributed by atoms with Crippen molar-refractivity contribution in [2.45, 2.75) is 6.42 Å². The Labute approximate surface area is 132 Å². The van der Waals surface area contributed by atoms with Gasteiger partial charge >= 0.3 is 0 Å². The molecule has 0 spiro atoms. The fourth-order valence-electron chi connectivity index (χ4n) is 2.55. The van der Waals surface area contributed by atoms with Crippen molar-refractivity contribution >= 4 is 11.4 Å². The van der Waals surface area contributed by atoms with Crippen LogP contribution in [0.15, 0.2) is 67.3 Å². The number of aromatic nitrogens is 5. The van der Waals surface area contributed by atoms with E-state index in [0.717, 1.165) is 11.4 Å². The largest absolute Gasteiger partial charge is 0.294 e. The number of fused-ring (bicyclic) bond motifs is 1. The summed E-state index contributed by atoms with van der Waals surface area (Å²) in [6.45, 7) is 0. The Kier molecular flexibility index (Phi) is 3.20. The number of nitrogens with zero attached hydrogens (tertiary/aromatic N) is 5. The first kappa shape index (κ1) is 13.4. The van der Waals surface area contributed by atoms with Gasteiger partial charge in [0.15, 0.2) is 11.4 Å². The zero-order valence-electron chi connectivity index (χ0n) is 12.2. The molecule has 0 aliphatic carbocycles. The Hall–Kier alpha value is -3.28. The van der Waals surface area contributed by atoms with E-state index in [1.807, 2.05) is 36.4 Å². The van der Waals surface area contributed by atoms with Gasteiger partial charge in [-0.2, -0.15) is 10.2 Å². The topological polar surface area (TPSA) is 65.1 Å². The van der Waals surface area contributed by atoms with E-state index in [1.54, 1.807) is 40.1 Å². The Morgan fingerprint density at radius 3 is 2.74 bits per heavy atom. The summed E-state index contributed by atoms with van der Waals surface area (Å²) in [5.41, 5.74) is 2.85. The van der Waals surface area contributed by atoms with Gasteiger partial charge in [0.1, 0.15) is 0 Å². The highest BCUT2D eigenvalue weighted by Gasteiger charge is 2.16. The third kappa shape index (κ3) is 2.40. The summed E-state index contributed by atoms with van der Waals surface area (Å²) in [7, 11) is 0. The summed E-state index contributed by atoms with van der Waals surface area (Å²) >= 11 is 0. The lowest BCUT2D eigenvalue weighted by Crippen LogP contribution is -2.09. The van der Waals surface area contributed by atoms with Crippen molar-refractivity contribution in [2.75, 3.05) is 0 Å².